The molecule has 0 fully saturated rings. The van der Waals surface area contributed by atoms with E-state index in [4.69, 9.17) is 5.73 Å². The third-order valence-corrected chi connectivity index (χ3v) is 4.60. The van der Waals surface area contributed by atoms with E-state index in [2.05, 4.69) is 58.4 Å². The number of aromatic nitrogens is 1. The van der Waals surface area contributed by atoms with Crippen molar-refractivity contribution in [3.8, 4) is 11.3 Å². The number of nitrogens with zero attached hydrogens (tertiary/aromatic N) is 2. The molecule has 1 unspecified atom stereocenters. The second-order valence-electron chi connectivity index (χ2n) is 6.39. The minimum atomic E-state index is 0.0916. The maximum absolute atomic E-state index is 6.36. The van der Waals surface area contributed by atoms with Crippen molar-refractivity contribution < 1.29 is 0 Å². The lowest BCUT2D eigenvalue weighted by atomic mass is 9.95. The molecule has 120 valence electrons. The van der Waals surface area contributed by atoms with Crippen molar-refractivity contribution in [2.24, 2.45) is 5.73 Å². The van der Waals surface area contributed by atoms with Crippen LogP contribution in [-0.4, -0.2) is 16.4 Å². The first-order chi connectivity index (χ1) is 11.8. The lowest BCUT2D eigenvalue weighted by molar-refractivity contribution is 0.223. The summed E-state index contributed by atoms with van der Waals surface area (Å²) in [5, 5.41) is 0. The smallest absolute Gasteiger partial charge is 0.0702 e. The highest BCUT2D eigenvalue weighted by atomic mass is 15.1. The van der Waals surface area contributed by atoms with Crippen LogP contribution in [0, 0.1) is 0 Å². The summed E-state index contributed by atoms with van der Waals surface area (Å²) in [7, 11) is 0. The van der Waals surface area contributed by atoms with Crippen molar-refractivity contribution in [1.82, 2.24) is 9.88 Å². The van der Waals surface area contributed by atoms with Crippen LogP contribution in [0.3, 0.4) is 0 Å². The normalized spacial score (nSPS) is 17.5. The molecule has 0 saturated heterocycles. The fourth-order valence-electron chi connectivity index (χ4n) is 3.46. The second kappa shape index (κ2) is 6.56. The number of hydrogen-bond acceptors (Lipinski definition) is 3. The summed E-state index contributed by atoms with van der Waals surface area (Å²) >= 11 is 0. The Bertz CT molecular complexity index is 829. The van der Waals surface area contributed by atoms with E-state index in [1.807, 2.05) is 24.4 Å². The second-order valence-corrected chi connectivity index (χ2v) is 6.39. The van der Waals surface area contributed by atoms with Gasteiger partial charge >= 0.3 is 0 Å². The van der Waals surface area contributed by atoms with E-state index in [1.165, 1.54) is 16.7 Å². The Morgan fingerprint density at radius 3 is 2.75 bits per heavy atom. The molecule has 0 saturated carbocycles. The van der Waals surface area contributed by atoms with E-state index < -0.39 is 0 Å². The fourth-order valence-corrected chi connectivity index (χ4v) is 3.46. The number of fused-ring (bicyclic) bond motifs is 1. The summed E-state index contributed by atoms with van der Waals surface area (Å²) in [6.45, 7) is 2.76. The summed E-state index contributed by atoms with van der Waals surface area (Å²) < 4.78 is 0. The summed E-state index contributed by atoms with van der Waals surface area (Å²) in [6, 6.07) is 23.2. The highest BCUT2D eigenvalue weighted by Crippen LogP contribution is 2.26. The van der Waals surface area contributed by atoms with Gasteiger partial charge in [-0.2, -0.15) is 0 Å². The van der Waals surface area contributed by atoms with E-state index in [9.17, 15) is 0 Å². The van der Waals surface area contributed by atoms with E-state index >= 15 is 0 Å². The maximum atomic E-state index is 6.36. The molecule has 3 heteroatoms. The van der Waals surface area contributed by atoms with Gasteiger partial charge < -0.3 is 5.73 Å². The Hall–Kier alpha value is -2.49. The van der Waals surface area contributed by atoms with Gasteiger partial charge in [0.05, 0.1) is 5.69 Å². The number of hydrogen-bond donors (Lipinski definition) is 1. The predicted octanol–water partition coefficient (Wildman–Crippen LogP) is 3.76. The molecule has 1 aromatic heterocycles. The SMILES string of the molecule is NC1CN(Cc2cccc(-c3ccccn3)c2)Cc2ccccc21. The first-order valence-electron chi connectivity index (χ1n) is 8.36. The Kier molecular flexibility index (Phi) is 4.11. The Morgan fingerprint density at radius 2 is 1.88 bits per heavy atom. The Balaban J connectivity index is 1.54. The van der Waals surface area contributed by atoms with E-state index in [0.29, 0.717) is 0 Å². The van der Waals surface area contributed by atoms with Crippen LogP contribution in [0.5, 0.6) is 0 Å². The molecule has 2 heterocycles. The summed E-state index contributed by atoms with van der Waals surface area (Å²) in [5.74, 6) is 0. The average Bonchev–Trinajstić information content (AvgIpc) is 2.63. The standard InChI is InChI=1S/C21H21N3/c22-20-15-24(14-18-7-1-2-9-19(18)20)13-16-6-5-8-17(12-16)21-10-3-4-11-23-21/h1-12,20H,13-15,22H2. The number of rotatable bonds is 3. The largest absolute Gasteiger partial charge is 0.323 e. The zero-order valence-electron chi connectivity index (χ0n) is 13.6. The van der Waals surface area contributed by atoms with Gasteiger partial charge in [-0.25, -0.2) is 0 Å². The molecule has 0 amide bonds. The fraction of sp³-hybridized carbons (Fsp3) is 0.190. The summed E-state index contributed by atoms with van der Waals surface area (Å²) in [5.41, 5.74) is 12.5. The van der Waals surface area contributed by atoms with Gasteiger partial charge in [-0.05, 0) is 34.9 Å². The molecule has 0 aliphatic carbocycles. The van der Waals surface area contributed by atoms with Crippen LogP contribution in [0.15, 0.2) is 72.9 Å². The van der Waals surface area contributed by atoms with Crippen molar-refractivity contribution >= 4 is 0 Å². The monoisotopic (exact) mass is 315 g/mol. The summed E-state index contributed by atoms with van der Waals surface area (Å²) in [4.78, 5) is 6.87. The third-order valence-electron chi connectivity index (χ3n) is 4.60. The van der Waals surface area contributed by atoms with Gasteiger partial charge in [0.1, 0.15) is 0 Å². The highest BCUT2D eigenvalue weighted by molar-refractivity contribution is 5.59. The van der Waals surface area contributed by atoms with Crippen LogP contribution in [0.1, 0.15) is 22.7 Å². The van der Waals surface area contributed by atoms with E-state index in [1.54, 1.807) is 0 Å². The first kappa shape index (κ1) is 15.1. The van der Waals surface area contributed by atoms with Gasteiger partial charge in [0.25, 0.3) is 0 Å². The average molecular weight is 315 g/mol. The molecule has 1 aliphatic rings. The van der Waals surface area contributed by atoms with Gasteiger partial charge in [-0.1, -0.05) is 48.5 Å². The lowest BCUT2D eigenvalue weighted by Crippen LogP contribution is -2.36. The Labute approximate surface area is 142 Å². The lowest BCUT2D eigenvalue weighted by Gasteiger charge is -2.33. The van der Waals surface area contributed by atoms with Gasteiger partial charge in [0.15, 0.2) is 0 Å². The zero-order chi connectivity index (χ0) is 16.4. The van der Waals surface area contributed by atoms with Gasteiger partial charge in [-0.3, -0.25) is 9.88 Å². The molecular formula is C21H21N3. The molecule has 3 aromatic rings. The molecule has 3 nitrogen and oxygen atoms in total. The van der Waals surface area contributed by atoms with Crippen LogP contribution in [0.2, 0.25) is 0 Å². The number of nitrogens with two attached hydrogens (primary N) is 1. The first-order valence-corrected chi connectivity index (χ1v) is 8.36. The molecule has 4 rings (SSSR count). The highest BCUT2D eigenvalue weighted by Gasteiger charge is 2.22. The molecule has 0 bridgehead atoms. The molecule has 2 aromatic carbocycles. The summed E-state index contributed by atoms with van der Waals surface area (Å²) in [6.07, 6.45) is 1.84. The molecule has 1 aliphatic heterocycles. The maximum Gasteiger partial charge on any atom is 0.0702 e. The molecule has 0 radical (unpaired) electrons. The van der Waals surface area contributed by atoms with Crippen molar-refractivity contribution in [2.75, 3.05) is 6.54 Å². The molecule has 2 N–H and O–H groups in total. The predicted molar refractivity (Wildman–Crippen MR) is 97.2 cm³/mol. The molecule has 1 atom stereocenters. The zero-order valence-corrected chi connectivity index (χ0v) is 13.6. The van der Waals surface area contributed by atoms with Crippen molar-refractivity contribution in [3.05, 3.63) is 89.6 Å². The Morgan fingerprint density at radius 1 is 1.00 bits per heavy atom. The van der Waals surface area contributed by atoms with Crippen molar-refractivity contribution in [2.45, 2.75) is 19.1 Å². The van der Waals surface area contributed by atoms with Crippen LogP contribution in [-0.2, 0) is 13.1 Å². The van der Waals surface area contributed by atoms with Gasteiger partial charge in [0.2, 0.25) is 0 Å². The number of pyridine rings is 1. The number of benzene rings is 2. The van der Waals surface area contributed by atoms with Crippen LogP contribution in [0.4, 0.5) is 0 Å². The molecular weight excluding hydrogens is 294 g/mol. The van der Waals surface area contributed by atoms with E-state index in [-0.39, 0.29) is 6.04 Å². The van der Waals surface area contributed by atoms with Crippen molar-refractivity contribution in [3.63, 3.8) is 0 Å². The minimum Gasteiger partial charge on any atom is -0.323 e. The van der Waals surface area contributed by atoms with Crippen LogP contribution >= 0.6 is 0 Å². The minimum absolute atomic E-state index is 0.0916. The molecule has 0 spiro atoms. The topological polar surface area (TPSA) is 42.1 Å². The van der Waals surface area contributed by atoms with Crippen molar-refractivity contribution in [1.29, 1.82) is 0 Å². The molecule has 24 heavy (non-hydrogen) atoms. The van der Waals surface area contributed by atoms with Crippen LogP contribution in [0.25, 0.3) is 11.3 Å². The van der Waals surface area contributed by atoms with Gasteiger partial charge in [0, 0.05) is 37.4 Å². The van der Waals surface area contributed by atoms with Gasteiger partial charge in [-0.15, -0.1) is 0 Å². The van der Waals surface area contributed by atoms with Crippen LogP contribution < -0.4 is 5.73 Å². The quantitative estimate of drug-likeness (QED) is 0.800. The third kappa shape index (κ3) is 3.09. The van der Waals surface area contributed by atoms with E-state index in [0.717, 1.165) is 30.9 Å².